The summed E-state index contributed by atoms with van der Waals surface area (Å²) in [6.07, 6.45) is 0. The van der Waals surface area contributed by atoms with Gasteiger partial charge in [-0.1, -0.05) is 41.4 Å². The molecule has 21 heavy (non-hydrogen) atoms. The van der Waals surface area contributed by atoms with E-state index < -0.39 is 23.6 Å². The molecule has 0 fully saturated rings. The molecule has 6 heteroatoms. The molecule has 2 nitrogen and oxygen atoms in total. The van der Waals surface area contributed by atoms with Gasteiger partial charge in [0.05, 0.1) is 16.6 Å². The maximum Gasteiger partial charge on any atom is 0.253 e. The summed E-state index contributed by atoms with van der Waals surface area (Å²) < 4.78 is 26.2. The van der Waals surface area contributed by atoms with Gasteiger partial charge in [0.25, 0.3) is 5.91 Å². The molecule has 1 amide bonds. The van der Waals surface area contributed by atoms with Crippen LogP contribution in [0.1, 0.15) is 28.9 Å². The fraction of sp³-hybridized carbons (Fsp3) is 0.133. The van der Waals surface area contributed by atoms with E-state index in [-0.39, 0.29) is 10.6 Å². The Morgan fingerprint density at radius 1 is 1.10 bits per heavy atom. The van der Waals surface area contributed by atoms with E-state index in [2.05, 4.69) is 5.32 Å². The number of hydrogen-bond acceptors (Lipinski definition) is 1. The minimum Gasteiger partial charge on any atom is -0.345 e. The van der Waals surface area contributed by atoms with Crippen LogP contribution >= 0.6 is 23.2 Å². The van der Waals surface area contributed by atoms with Crippen LogP contribution in [0.15, 0.2) is 36.4 Å². The summed E-state index contributed by atoms with van der Waals surface area (Å²) in [6, 6.07) is 8.15. The van der Waals surface area contributed by atoms with Crippen LogP contribution in [0, 0.1) is 11.6 Å². The highest BCUT2D eigenvalue weighted by Gasteiger charge is 2.18. The van der Waals surface area contributed by atoms with Crippen molar-refractivity contribution in [1.82, 2.24) is 5.32 Å². The number of benzene rings is 2. The summed E-state index contributed by atoms with van der Waals surface area (Å²) in [7, 11) is 0. The predicted octanol–water partition coefficient (Wildman–Crippen LogP) is 4.76. The monoisotopic (exact) mass is 329 g/mol. The zero-order valence-electron chi connectivity index (χ0n) is 11.0. The smallest absolute Gasteiger partial charge is 0.253 e. The Labute approximate surface area is 130 Å². The first-order chi connectivity index (χ1) is 9.90. The van der Waals surface area contributed by atoms with Crippen molar-refractivity contribution in [2.24, 2.45) is 0 Å². The highest BCUT2D eigenvalue weighted by Crippen LogP contribution is 2.24. The van der Waals surface area contributed by atoms with Crippen molar-refractivity contribution in [3.8, 4) is 0 Å². The third-order valence-corrected chi connectivity index (χ3v) is 3.63. The number of carbonyl (C=O) groups excluding carboxylic acids is 1. The van der Waals surface area contributed by atoms with E-state index in [0.717, 1.165) is 12.1 Å². The van der Waals surface area contributed by atoms with E-state index in [4.69, 9.17) is 23.2 Å². The second-order valence-electron chi connectivity index (χ2n) is 4.46. The van der Waals surface area contributed by atoms with Crippen molar-refractivity contribution >= 4 is 29.1 Å². The minimum absolute atomic E-state index is 0.130. The summed E-state index contributed by atoms with van der Waals surface area (Å²) in [5, 5.41) is 2.99. The van der Waals surface area contributed by atoms with Gasteiger partial charge in [-0.15, -0.1) is 0 Å². The van der Waals surface area contributed by atoms with Crippen molar-refractivity contribution in [3.63, 3.8) is 0 Å². The molecule has 110 valence electrons. The van der Waals surface area contributed by atoms with Gasteiger partial charge < -0.3 is 5.32 Å². The molecule has 0 aliphatic rings. The summed E-state index contributed by atoms with van der Waals surface area (Å²) in [6.45, 7) is 1.73. The fourth-order valence-electron chi connectivity index (χ4n) is 1.87. The Bertz CT molecular complexity index is 691. The average Bonchev–Trinajstić information content (AvgIpc) is 2.43. The lowest BCUT2D eigenvalue weighted by atomic mass is 10.1. The lowest BCUT2D eigenvalue weighted by Crippen LogP contribution is -2.27. The highest BCUT2D eigenvalue weighted by molar-refractivity contribution is 6.34. The van der Waals surface area contributed by atoms with Crippen LogP contribution in [0.3, 0.4) is 0 Å². The molecule has 0 radical (unpaired) electrons. The van der Waals surface area contributed by atoms with Crippen molar-refractivity contribution in [1.29, 1.82) is 0 Å². The lowest BCUT2D eigenvalue weighted by molar-refractivity contribution is 0.0939. The molecule has 0 saturated carbocycles. The van der Waals surface area contributed by atoms with Gasteiger partial charge in [0, 0.05) is 5.02 Å². The number of amides is 1. The Kier molecular flexibility index (Phi) is 4.80. The molecule has 0 aliphatic heterocycles. The third kappa shape index (κ3) is 3.52. The van der Waals surface area contributed by atoms with Crippen LogP contribution in [-0.2, 0) is 0 Å². The minimum atomic E-state index is -1.13. The van der Waals surface area contributed by atoms with Crippen molar-refractivity contribution < 1.29 is 13.6 Å². The van der Waals surface area contributed by atoms with Gasteiger partial charge in [0.1, 0.15) is 0 Å². The van der Waals surface area contributed by atoms with E-state index in [1.165, 1.54) is 0 Å². The third-order valence-electron chi connectivity index (χ3n) is 2.97. The Hall–Kier alpha value is -1.65. The molecule has 1 N–H and O–H groups in total. The Morgan fingerprint density at radius 2 is 1.71 bits per heavy atom. The lowest BCUT2D eigenvalue weighted by Gasteiger charge is -2.16. The van der Waals surface area contributed by atoms with E-state index >= 15 is 0 Å². The molecule has 0 spiro atoms. The van der Waals surface area contributed by atoms with Gasteiger partial charge in [0.15, 0.2) is 11.6 Å². The zero-order chi connectivity index (χ0) is 15.6. The molecular weight excluding hydrogens is 319 g/mol. The SMILES string of the molecule is CC(NC(=O)c1cc(F)c(F)cc1Cl)c1ccccc1Cl. The standard InChI is InChI=1S/C15H11Cl2F2NO/c1-8(9-4-2-3-5-11(9)16)20-15(21)10-6-13(18)14(19)7-12(10)17/h2-8H,1H3,(H,20,21). The number of carbonyl (C=O) groups is 1. The van der Waals surface area contributed by atoms with E-state index in [0.29, 0.717) is 10.6 Å². The molecular formula is C15H11Cl2F2NO. The topological polar surface area (TPSA) is 29.1 Å². The summed E-state index contributed by atoms with van der Waals surface area (Å²) in [5.41, 5.74) is 0.584. The summed E-state index contributed by atoms with van der Waals surface area (Å²) in [5.74, 6) is -2.84. The predicted molar refractivity (Wildman–Crippen MR) is 78.7 cm³/mol. The van der Waals surface area contributed by atoms with Crippen molar-refractivity contribution in [3.05, 3.63) is 69.2 Å². The van der Waals surface area contributed by atoms with Gasteiger partial charge in [0.2, 0.25) is 0 Å². The summed E-state index contributed by atoms with van der Waals surface area (Å²) in [4.78, 5) is 12.1. The first-order valence-electron chi connectivity index (χ1n) is 6.10. The number of nitrogens with one attached hydrogen (secondary N) is 1. The molecule has 0 saturated heterocycles. The van der Waals surface area contributed by atoms with Gasteiger partial charge in [-0.25, -0.2) is 8.78 Å². The van der Waals surface area contributed by atoms with E-state index in [1.54, 1.807) is 31.2 Å². The number of hydrogen-bond donors (Lipinski definition) is 1. The van der Waals surface area contributed by atoms with Crippen LogP contribution in [0.5, 0.6) is 0 Å². The largest absolute Gasteiger partial charge is 0.345 e. The van der Waals surface area contributed by atoms with Crippen LogP contribution in [0.25, 0.3) is 0 Å². The molecule has 0 aromatic heterocycles. The van der Waals surface area contributed by atoms with E-state index in [1.807, 2.05) is 0 Å². The summed E-state index contributed by atoms with van der Waals surface area (Å²) >= 11 is 11.8. The average molecular weight is 330 g/mol. The van der Waals surface area contributed by atoms with Crippen LogP contribution < -0.4 is 5.32 Å². The molecule has 0 aliphatic carbocycles. The van der Waals surface area contributed by atoms with Crippen LogP contribution in [0.2, 0.25) is 10.0 Å². The quantitative estimate of drug-likeness (QED) is 0.808. The second kappa shape index (κ2) is 6.41. The zero-order valence-corrected chi connectivity index (χ0v) is 12.5. The molecule has 1 unspecified atom stereocenters. The molecule has 1 atom stereocenters. The molecule has 2 rings (SSSR count). The van der Waals surface area contributed by atoms with Crippen molar-refractivity contribution in [2.75, 3.05) is 0 Å². The fourth-order valence-corrected chi connectivity index (χ4v) is 2.41. The number of halogens is 4. The highest BCUT2D eigenvalue weighted by atomic mass is 35.5. The van der Waals surface area contributed by atoms with E-state index in [9.17, 15) is 13.6 Å². The van der Waals surface area contributed by atoms with Gasteiger partial charge in [-0.3, -0.25) is 4.79 Å². The molecule has 2 aromatic rings. The van der Waals surface area contributed by atoms with Crippen molar-refractivity contribution in [2.45, 2.75) is 13.0 Å². The Morgan fingerprint density at radius 3 is 2.38 bits per heavy atom. The maximum atomic E-state index is 13.2. The first-order valence-corrected chi connectivity index (χ1v) is 6.85. The normalized spacial score (nSPS) is 12.0. The molecule has 0 bridgehead atoms. The maximum absolute atomic E-state index is 13.2. The second-order valence-corrected chi connectivity index (χ2v) is 5.28. The van der Waals surface area contributed by atoms with Crippen LogP contribution in [-0.4, -0.2) is 5.91 Å². The first kappa shape index (κ1) is 15.7. The van der Waals surface area contributed by atoms with Gasteiger partial charge in [-0.05, 0) is 30.7 Å². The number of rotatable bonds is 3. The van der Waals surface area contributed by atoms with Gasteiger partial charge >= 0.3 is 0 Å². The Balaban J connectivity index is 2.22. The van der Waals surface area contributed by atoms with Gasteiger partial charge in [-0.2, -0.15) is 0 Å². The molecule has 2 aromatic carbocycles. The molecule has 0 heterocycles. The van der Waals surface area contributed by atoms with Crippen LogP contribution in [0.4, 0.5) is 8.78 Å².